The van der Waals surface area contributed by atoms with Crippen LogP contribution in [0, 0.1) is 0 Å². The first-order valence-corrected chi connectivity index (χ1v) is 8.57. The smallest absolute Gasteiger partial charge is 0.338 e. The Morgan fingerprint density at radius 2 is 1.67 bits per heavy atom. The van der Waals surface area contributed by atoms with Gasteiger partial charge in [0.25, 0.3) is 0 Å². The molecule has 0 aromatic heterocycles. The van der Waals surface area contributed by atoms with Crippen molar-refractivity contribution in [1.82, 2.24) is 0 Å². The van der Waals surface area contributed by atoms with Gasteiger partial charge in [0.15, 0.2) is 6.61 Å². The largest absolute Gasteiger partial charge is 0.497 e. The summed E-state index contributed by atoms with van der Waals surface area (Å²) in [6, 6.07) is 11.8. The van der Waals surface area contributed by atoms with Gasteiger partial charge in [-0.3, -0.25) is 4.79 Å². The summed E-state index contributed by atoms with van der Waals surface area (Å²) in [4.78, 5) is 24.6. The van der Waals surface area contributed by atoms with Gasteiger partial charge in [0, 0.05) is 0 Å². The molecule has 0 heterocycles. The quantitative estimate of drug-likeness (QED) is 0.494. The summed E-state index contributed by atoms with van der Waals surface area (Å²) in [6.45, 7) is 4.00. The van der Waals surface area contributed by atoms with Gasteiger partial charge in [-0.2, -0.15) is 0 Å². The number of ketones is 1. The molecule has 0 aliphatic heterocycles. The number of Topliss-reactive ketones (excluding diaryl/α,β-unsaturated/α-hetero) is 1. The fraction of sp³-hybridized carbons (Fsp3) is 0.333. The lowest BCUT2D eigenvalue weighted by Crippen LogP contribution is -2.15. The topological polar surface area (TPSA) is 71.1 Å². The Balaban J connectivity index is 1.98. The molecule has 0 N–H and O–H groups in total. The van der Waals surface area contributed by atoms with Crippen LogP contribution in [0.4, 0.5) is 0 Å². The molecular weight excluding hydrogens is 348 g/mol. The molecule has 0 aliphatic carbocycles. The second kappa shape index (κ2) is 9.73. The zero-order chi connectivity index (χ0) is 19.8. The number of carbonyl (C=O) groups excluding carboxylic acids is 2. The molecule has 2 rings (SSSR count). The highest BCUT2D eigenvalue weighted by Gasteiger charge is 2.16. The fourth-order valence-electron chi connectivity index (χ4n) is 2.32. The van der Waals surface area contributed by atoms with Crippen molar-refractivity contribution in [3.8, 4) is 11.5 Å². The first-order chi connectivity index (χ1) is 12.9. The van der Waals surface area contributed by atoms with Crippen LogP contribution in [0.25, 0.3) is 0 Å². The normalized spacial score (nSPS) is 10.6. The minimum atomic E-state index is -0.568. The molecule has 0 atom stereocenters. The Kier molecular flexibility index (Phi) is 7.37. The summed E-state index contributed by atoms with van der Waals surface area (Å²) >= 11 is 0. The fourth-order valence-corrected chi connectivity index (χ4v) is 2.32. The second-order valence-electron chi connectivity index (χ2n) is 6.12. The number of carbonyl (C=O) groups is 2. The predicted octanol–water partition coefficient (Wildman–Crippen LogP) is 3.67. The van der Waals surface area contributed by atoms with Crippen molar-refractivity contribution in [1.29, 1.82) is 0 Å². The van der Waals surface area contributed by atoms with Gasteiger partial charge >= 0.3 is 5.97 Å². The van der Waals surface area contributed by atoms with E-state index in [2.05, 4.69) is 0 Å². The van der Waals surface area contributed by atoms with Crippen molar-refractivity contribution in [2.45, 2.75) is 26.6 Å². The van der Waals surface area contributed by atoms with Crippen LogP contribution in [-0.2, 0) is 16.1 Å². The third-order valence-corrected chi connectivity index (χ3v) is 3.81. The van der Waals surface area contributed by atoms with Gasteiger partial charge in [0.1, 0.15) is 11.5 Å². The van der Waals surface area contributed by atoms with E-state index in [4.69, 9.17) is 18.9 Å². The first-order valence-electron chi connectivity index (χ1n) is 8.57. The molecule has 0 spiro atoms. The Labute approximate surface area is 159 Å². The maximum atomic E-state index is 12.4. The van der Waals surface area contributed by atoms with Crippen molar-refractivity contribution < 1.29 is 28.5 Å². The molecule has 144 valence electrons. The van der Waals surface area contributed by atoms with E-state index in [0.717, 1.165) is 5.56 Å². The summed E-state index contributed by atoms with van der Waals surface area (Å²) in [6.07, 6.45) is 0.134. The number of hydrogen-bond donors (Lipinski definition) is 0. The summed E-state index contributed by atoms with van der Waals surface area (Å²) < 4.78 is 21.0. The van der Waals surface area contributed by atoms with Crippen LogP contribution in [0.3, 0.4) is 0 Å². The molecule has 0 radical (unpaired) electrons. The highest BCUT2D eigenvalue weighted by molar-refractivity contribution is 6.01. The Hall–Kier alpha value is -2.86. The molecule has 0 saturated heterocycles. The van der Waals surface area contributed by atoms with E-state index in [0.29, 0.717) is 29.2 Å². The minimum Gasteiger partial charge on any atom is -0.497 e. The van der Waals surface area contributed by atoms with Crippen LogP contribution >= 0.6 is 0 Å². The van der Waals surface area contributed by atoms with Gasteiger partial charge in [-0.15, -0.1) is 0 Å². The van der Waals surface area contributed by atoms with E-state index in [1.807, 2.05) is 13.8 Å². The van der Waals surface area contributed by atoms with Crippen LogP contribution in [0.5, 0.6) is 11.5 Å². The summed E-state index contributed by atoms with van der Waals surface area (Å²) in [5.41, 5.74) is 1.62. The highest BCUT2D eigenvalue weighted by atomic mass is 16.5. The van der Waals surface area contributed by atoms with Gasteiger partial charge in [0.05, 0.1) is 38.1 Å². The molecular formula is C21H24O6. The molecule has 27 heavy (non-hydrogen) atoms. The lowest BCUT2D eigenvalue weighted by atomic mass is 10.1. The molecule has 0 unspecified atom stereocenters. The zero-order valence-electron chi connectivity index (χ0n) is 16.0. The predicted molar refractivity (Wildman–Crippen MR) is 101 cm³/mol. The third kappa shape index (κ3) is 5.82. The molecule has 6 nitrogen and oxygen atoms in total. The van der Waals surface area contributed by atoms with Crippen LogP contribution in [0.1, 0.15) is 40.1 Å². The third-order valence-electron chi connectivity index (χ3n) is 3.81. The Bertz CT molecular complexity index is 780. The number of rotatable bonds is 9. The van der Waals surface area contributed by atoms with E-state index in [-0.39, 0.29) is 18.5 Å². The van der Waals surface area contributed by atoms with Gasteiger partial charge in [-0.25, -0.2) is 4.79 Å². The van der Waals surface area contributed by atoms with Crippen molar-refractivity contribution in [2.75, 3.05) is 20.8 Å². The van der Waals surface area contributed by atoms with E-state index in [1.54, 1.807) is 42.5 Å². The SMILES string of the molecule is COc1ccc(OC)c(C(=O)COC(=O)c2ccc(COC(C)C)cc2)c1. The van der Waals surface area contributed by atoms with Crippen molar-refractivity contribution in [2.24, 2.45) is 0 Å². The van der Waals surface area contributed by atoms with E-state index < -0.39 is 5.97 Å². The monoisotopic (exact) mass is 372 g/mol. The van der Waals surface area contributed by atoms with Crippen LogP contribution in [0.2, 0.25) is 0 Å². The molecule has 6 heteroatoms. The number of ether oxygens (including phenoxy) is 4. The summed E-state index contributed by atoms with van der Waals surface area (Å²) in [7, 11) is 2.97. The average molecular weight is 372 g/mol. The van der Waals surface area contributed by atoms with Gasteiger partial charge in [-0.1, -0.05) is 12.1 Å². The maximum Gasteiger partial charge on any atom is 0.338 e. The van der Waals surface area contributed by atoms with Crippen LogP contribution < -0.4 is 9.47 Å². The van der Waals surface area contributed by atoms with Gasteiger partial charge < -0.3 is 18.9 Å². The molecule has 2 aromatic carbocycles. The molecule has 0 fully saturated rings. The Morgan fingerprint density at radius 3 is 2.26 bits per heavy atom. The lowest BCUT2D eigenvalue weighted by molar-refractivity contribution is 0.0473. The summed E-state index contributed by atoms with van der Waals surface area (Å²) in [5, 5.41) is 0. The lowest BCUT2D eigenvalue weighted by Gasteiger charge is -2.10. The molecule has 0 bridgehead atoms. The van der Waals surface area contributed by atoms with Crippen molar-refractivity contribution >= 4 is 11.8 Å². The Morgan fingerprint density at radius 1 is 0.963 bits per heavy atom. The number of esters is 1. The van der Waals surface area contributed by atoms with E-state index >= 15 is 0 Å². The highest BCUT2D eigenvalue weighted by Crippen LogP contribution is 2.24. The van der Waals surface area contributed by atoms with E-state index in [1.165, 1.54) is 14.2 Å². The van der Waals surface area contributed by atoms with Crippen LogP contribution in [-0.4, -0.2) is 38.7 Å². The first kappa shape index (κ1) is 20.5. The molecule has 2 aromatic rings. The van der Waals surface area contributed by atoms with Crippen LogP contribution in [0.15, 0.2) is 42.5 Å². The molecule has 0 amide bonds. The summed E-state index contributed by atoms with van der Waals surface area (Å²) in [5.74, 6) is -0.0290. The molecule has 0 aliphatic rings. The van der Waals surface area contributed by atoms with Gasteiger partial charge in [-0.05, 0) is 49.7 Å². The maximum absolute atomic E-state index is 12.4. The average Bonchev–Trinajstić information content (AvgIpc) is 2.69. The second-order valence-corrected chi connectivity index (χ2v) is 6.12. The van der Waals surface area contributed by atoms with E-state index in [9.17, 15) is 9.59 Å². The van der Waals surface area contributed by atoms with Gasteiger partial charge in [0.2, 0.25) is 5.78 Å². The number of benzene rings is 2. The number of hydrogen-bond acceptors (Lipinski definition) is 6. The minimum absolute atomic E-state index is 0.134. The molecule has 0 saturated carbocycles. The standard InChI is InChI=1S/C21H24O6/c1-14(2)26-12-15-5-7-16(8-6-15)21(23)27-13-19(22)18-11-17(24-3)9-10-20(18)25-4/h5-11,14H,12-13H2,1-4H3. The van der Waals surface area contributed by atoms with Crippen molar-refractivity contribution in [3.05, 3.63) is 59.2 Å². The zero-order valence-corrected chi connectivity index (χ0v) is 16.0. The number of methoxy groups -OCH3 is 2. The van der Waals surface area contributed by atoms with Crippen molar-refractivity contribution in [3.63, 3.8) is 0 Å².